The van der Waals surface area contributed by atoms with Crippen molar-refractivity contribution in [2.24, 2.45) is 5.10 Å². The first-order valence-electron chi connectivity index (χ1n) is 5.36. The number of nitrogens with one attached hydrogen (secondary N) is 1. The van der Waals surface area contributed by atoms with Crippen LogP contribution in [0.3, 0.4) is 0 Å². The zero-order chi connectivity index (χ0) is 12.8. The molecular formula is C10H15N3O4. The third kappa shape index (κ3) is 3.86. The van der Waals surface area contributed by atoms with Crippen LogP contribution >= 0.6 is 0 Å². The van der Waals surface area contributed by atoms with Gasteiger partial charge in [-0.3, -0.25) is 9.59 Å². The molecule has 0 aromatic carbocycles. The average Bonchev–Trinajstić information content (AvgIpc) is 2.30. The number of hydrazone groups is 1. The third-order valence-corrected chi connectivity index (χ3v) is 2.40. The van der Waals surface area contributed by atoms with Crippen LogP contribution in [0, 0.1) is 0 Å². The number of carboxylic acids is 1. The molecule has 1 aliphatic rings. The quantitative estimate of drug-likeness (QED) is 0.682. The van der Waals surface area contributed by atoms with E-state index in [9.17, 15) is 14.4 Å². The van der Waals surface area contributed by atoms with Gasteiger partial charge in [0.2, 0.25) is 11.8 Å². The number of hydrogen-bond donors (Lipinski definition) is 2. The minimum Gasteiger partial charge on any atom is -0.477 e. The Kier molecular flexibility index (Phi) is 4.62. The van der Waals surface area contributed by atoms with Gasteiger partial charge in [0.05, 0.1) is 0 Å². The number of carbonyl (C=O) groups is 3. The average molecular weight is 241 g/mol. The van der Waals surface area contributed by atoms with E-state index in [-0.39, 0.29) is 43.3 Å². The number of rotatable bonds is 5. The smallest absolute Gasteiger partial charge is 0.352 e. The summed E-state index contributed by atoms with van der Waals surface area (Å²) in [4.78, 5) is 33.1. The van der Waals surface area contributed by atoms with Gasteiger partial charge in [-0.15, -0.1) is 0 Å². The zero-order valence-electron chi connectivity index (χ0n) is 9.60. The van der Waals surface area contributed by atoms with Crippen molar-refractivity contribution in [3.8, 4) is 0 Å². The maximum absolute atomic E-state index is 11.4. The summed E-state index contributed by atoms with van der Waals surface area (Å²) < 4.78 is 0. The molecule has 0 radical (unpaired) electrons. The number of hydrogen-bond acceptors (Lipinski definition) is 4. The summed E-state index contributed by atoms with van der Waals surface area (Å²) in [5, 5.41) is 16.1. The first-order valence-corrected chi connectivity index (χ1v) is 5.36. The van der Waals surface area contributed by atoms with Crippen LogP contribution in [-0.2, 0) is 14.4 Å². The van der Waals surface area contributed by atoms with E-state index in [1.54, 1.807) is 0 Å². The van der Waals surface area contributed by atoms with E-state index in [1.807, 2.05) is 0 Å². The van der Waals surface area contributed by atoms with Crippen molar-refractivity contribution in [1.82, 2.24) is 10.3 Å². The highest BCUT2D eigenvalue weighted by Crippen LogP contribution is 2.10. The molecule has 0 bridgehead atoms. The summed E-state index contributed by atoms with van der Waals surface area (Å²) in [6.07, 6.45) is 1.07. The zero-order valence-corrected chi connectivity index (χ0v) is 9.60. The van der Waals surface area contributed by atoms with Gasteiger partial charge in [-0.1, -0.05) is 0 Å². The second kappa shape index (κ2) is 5.97. The highest BCUT2D eigenvalue weighted by atomic mass is 16.4. The van der Waals surface area contributed by atoms with E-state index in [4.69, 9.17) is 5.11 Å². The molecule has 7 heteroatoms. The molecule has 94 valence electrons. The summed E-state index contributed by atoms with van der Waals surface area (Å²) in [6.45, 7) is 0.267. The lowest BCUT2D eigenvalue weighted by atomic mass is 10.1. The Hall–Kier alpha value is -1.92. The lowest BCUT2D eigenvalue weighted by Gasteiger charge is -2.21. The minimum absolute atomic E-state index is 0.00968. The molecular weight excluding hydrogens is 226 g/mol. The molecule has 0 fully saturated rings. The normalized spacial score (nSPS) is 15.5. The molecule has 0 aliphatic carbocycles. The predicted octanol–water partition coefficient (Wildman–Crippen LogP) is -0.424. The highest BCUT2D eigenvalue weighted by Gasteiger charge is 2.23. The van der Waals surface area contributed by atoms with Gasteiger partial charge in [0.1, 0.15) is 5.71 Å². The molecule has 1 heterocycles. The summed E-state index contributed by atoms with van der Waals surface area (Å²) in [6, 6.07) is 0. The lowest BCUT2D eigenvalue weighted by Crippen LogP contribution is -2.35. The second-order valence-electron chi connectivity index (χ2n) is 3.65. The van der Waals surface area contributed by atoms with Gasteiger partial charge in [-0.2, -0.15) is 5.10 Å². The number of nitrogens with zero attached hydrogens (tertiary/aromatic N) is 2. The van der Waals surface area contributed by atoms with E-state index in [2.05, 4.69) is 10.4 Å². The third-order valence-electron chi connectivity index (χ3n) is 2.40. The fraction of sp³-hybridized carbons (Fsp3) is 0.600. The van der Waals surface area contributed by atoms with Crippen LogP contribution in [0.5, 0.6) is 0 Å². The molecule has 2 N–H and O–H groups in total. The molecule has 0 atom stereocenters. The number of amides is 2. The molecule has 0 saturated heterocycles. The van der Waals surface area contributed by atoms with Gasteiger partial charge in [-0.05, 0) is 6.42 Å². The summed E-state index contributed by atoms with van der Waals surface area (Å²) in [5.41, 5.74) is -0.00968. The first kappa shape index (κ1) is 13.1. The van der Waals surface area contributed by atoms with Crippen LogP contribution in [0.4, 0.5) is 0 Å². The van der Waals surface area contributed by atoms with E-state index in [0.29, 0.717) is 6.42 Å². The first-order chi connectivity index (χ1) is 8.04. The van der Waals surface area contributed by atoms with Gasteiger partial charge in [0.15, 0.2) is 0 Å². The molecule has 0 saturated carbocycles. The van der Waals surface area contributed by atoms with Crippen LogP contribution in [-0.4, -0.2) is 47.2 Å². The Labute approximate surface area is 98.5 Å². The molecule has 17 heavy (non-hydrogen) atoms. The summed E-state index contributed by atoms with van der Waals surface area (Å²) in [5.74, 6) is -1.42. The van der Waals surface area contributed by atoms with Crippen molar-refractivity contribution in [3.05, 3.63) is 0 Å². The van der Waals surface area contributed by atoms with Gasteiger partial charge in [0.25, 0.3) is 0 Å². The van der Waals surface area contributed by atoms with Crippen molar-refractivity contribution < 1.29 is 19.5 Å². The number of carbonyl (C=O) groups excluding carboxylic acids is 2. The van der Waals surface area contributed by atoms with E-state index in [0.717, 1.165) is 5.01 Å². The van der Waals surface area contributed by atoms with Crippen LogP contribution in [0.1, 0.15) is 25.7 Å². The fourth-order valence-electron chi connectivity index (χ4n) is 1.44. The van der Waals surface area contributed by atoms with Crippen molar-refractivity contribution >= 4 is 23.5 Å². The highest BCUT2D eigenvalue weighted by molar-refractivity contribution is 6.36. The van der Waals surface area contributed by atoms with E-state index < -0.39 is 5.97 Å². The topological polar surface area (TPSA) is 99.1 Å². The largest absolute Gasteiger partial charge is 0.477 e. The Balaban J connectivity index is 2.50. The molecule has 1 aliphatic heterocycles. The van der Waals surface area contributed by atoms with Crippen molar-refractivity contribution in [3.63, 3.8) is 0 Å². The van der Waals surface area contributed by atoms with E-state index >= 15 is 0 Å². The molecule has 0 spiro atoms. The molecule has 7 nitrogen and oxygen atoms in total. The van der Waals surface area contributed by atoms with Gasteiger partial charge in [0, 0.05) is 32.9 Å². The van der Waals surface area contributed by atoms with Gasteiger partial charge in [-0.25, -0.2) is 9.80 Å². The van der Waals surface area contributed by atoms with Crippen LogP contribution in [0.15, 0.2) is 5.10 Å². The fourth-order valence-corrected chi connectivity index (χ4v) is 1.44. The van der Waals surface area contributed by atoms with Crippen LogP contribution < -0.4 is 5.32 Å². The minimum atomic E-state index is -1.10. The Morgan fingerprint density at radius 3 is 2.76 bits per heavy atom. The predicted molar refractivity (Wildman–Crippen MR) is 59.3 cm³/mol. The Morgan fingerprint density at radius 2 is 2.18 bits per heavy atom. The van der Waals surface area contributed by atoms with Gasteiger partial charge >= 0.3 is 5.97 Å². The molecule has 0 unspecified atom stereocenters. The Bertz CT molecular complexity index is 365. The van der Waals surface area contributed by atoms with Crippen molar-refractivity contribution in [2.45, 2.75) is 25.7 Å². The maximum Gasteiger partial charge on any atom is 0.352 e. The van der Waals surface area contributed by atoms with Crippen molar-refractivity contribution in [2.75, 3.05) is 13.6 Å². The summed E-state index contributed by atoms with van der Waals surface area (Å²) in [7, 11) is 1.54. The Morgan fingerprint density at radius 1 is 1.47 bits per heavy atom. The van der Waals surface area contributed by atoms with Crippen molar-refractivity contribution in [1.29, 1.82) is 0 Å². The van der Waals surface area contributed by atoms with Gasteiger partial charge < -0.3 is 10.4 Å². The second-order valence-corrected chi connectivity index (χ2v) is 3.65. The maximum atomic E-state index is 11.4. The summed E-state index contributed by atoms with van der Waals surface area (Å²) >= 11 is 0. The SMILES string of the molecule is CNC(=O)CCCN1N=C(C(=O)O)CCC1=O. The van der Waals surface area contributed by atoms with Crippen LogP contribution in [0.2, 0.25) is 0 Å². The molecule has 0 aromatic rings. The monoisotopic (exact) mass is 241 g/mol. The number of carboxylic acid groups (broad SMARTS) is 1. The lowest BCUT2D eigenvalue weighted by molar-refractivity contribution is -0.133. The van der Waals surface area contributed by atoms with E-state index in [1.165, 1.54) is 7.05 Å². The van der Waals surface area contributed by atoms with Crippen LogP contribution in [0.25, 0.3) is 0 Å². The molecule has 2 amide bonds. The molecule has 0 aromatic heterocycles. The standard InChI is InChI=1S/C10H15N3O4/c1-11-8(14)3-2-6-13-9(15)5-4-7(12-13)10(16)17/h2-6H2,1H3,(H,11,14)(H,16,17). The number of aliphatic carboxylic acids is 1. The molecule has 1 rings (SSSR count).